The fourth-order valence-electron chi connectivity index (χ4n) is 2.35. The maximum atomic E-state index is 11.3. The van der Waals surface area contributed by atoms with Crippen LogP contribution in [0, 0.1) is 5.92 Å². The van der Waals surface area contributed by atoms with E-state index in [9.17, 15) is 4.79 Å². The van der Waals surface area contributed by atoms with Crippen molar-refractivity contribution in [3.8, 4) is 0 Å². The number of esters is 1. The maximum absolute atomic E-state index is 11.3. The molecule has 0 fully saturated rings. The number of ether oxygens (including phenoxy) is 1. The molecule has 0 aliphatic carbocycles. The van der Waals surface area contributed by atoms with Crippen molar-refractivity contribution in [1.82, 2.24) is 4.90 Å². The summed E-state index contributed by atoms with van der Waals surface area (Å²) in [6, 6.07) is 0. The van der Waals surface area contributed by atoms with Crippen LogP contribution in [0.25, 0.3) is 0 Å². The molecule has 0 aromatic heterocycles. The Balaban J connectivity index is 3.38. The van der Waals surface area contributed by atoms with E-state index >= 15 is 0 Å². The molecular formula is C16H33NO2. The Labute approximate surface area is 119 Å². The highest BCUT2D eigenvalue weighted by Gasteiger charge is 2.14. The molecule has 0 heterocycles. The van der Waals surface area contributed by atoms with Crippen molar-refractivity contribution < 1.29 is 9.53 Å². The van der Waals surface area contributed by atoms with Crippen LogP contribution >= 0.6 is 0 Å². The van der Waals surface area contributed by atoms with Gasteiger partial charge in [-0.2, -0.15) is 0 Å². The van der Waals surface area contributed by atoms with E-state index in [1.54, 1.807) is 0 Å². The summed E-state index contributed by atoms with van der Waals surface area (Å²) in [7, 11) is 3.54. The van der Waals surface area contributed by atoms with E-state index in [0.717, 1.165) is 13.1 Å². The third-order valence-corrected chi connectivity index (χ3v) is 3.58. The quantitative estimate of drug-likeness (QED) is 0.398. The molecule has 0 aromatic rings. The van der Waals surface area contributed by atoms with Gasteiger partial charge in [0.15, 0.2) is 0 Å². The molecule has 0 aliphatic rings. The molecule has 0 amide bonds. The second kappa shape index (κ2) is 12.5. The highest BCUT2D eigenvalue weighted by atomic mass is 16.5. The third kappa shape index (κ3) is 11.0. The average molecular weight is 271 g/mol. The topological polar surface area (TPSA) is 29.5 Å². The number of nitrogens with zero attached hydrogens (tertiary/aromatic N) is 1. The summed E-state index contributed by atoms with van der Waals surface area (Å²) in [5.41, 5.74) is 0. The molecule has 0 N–H and O–H groups in total. The minimum atomic E-state index is -0.109. The van der Waals surface area contributed by atoms with Gasteiger partial charge in [-0.3, -0.25) is 4.79 Å². The molecule has 0 spiro atoms. The minimum Gasteiger partial charge on any atom is -0.469 e. The number of hydrogen-bond donors (Lipinski definition) is 0. The van der Waals surface area contributed by atoms with Gasteiger partial charge in [-0.25, -0.2) is 0 Å². The minimum absolute atomic E-state index is 0.0240. The van der Waals surface area contributed by atoms with Crippen LogP contribution in [0.3, 0.4) is 0 Å². The zero-order valence-electron chi connectivity index (χ0n) is 13.4. The standard InChI is InChI=1S/C16H33NO2/c1-5-6-7-8-9-10-11-12-13-17(3)14-15(2)16(18)19-4/h15H,5-14H2,1-4H3. The lowest BCUT2D eigenvalue weighted by Gasteiger charge is -2.19. The fraction of sp³-hybridized carbons (Fsp3) is 0.938. The summed E-state index contributed by atoms with van der Waals surface area (Å²) in [6.07, 6.45) is 10.8. The monoisotopic (exact) mass is 271 g/mol. The molecule has 3 nitrogen and oxygen atoms in total. The molecule has 0 saturated carbocycles. The Kier molecular flexibility index (Phi) is 12.1. The Morgan fingerprint density at radius 3 is 2.11 bits per heavy atom. The third-order valence-electron chi connectivity index (χ3n) is 3.58. The number of carbonyl (C=O) groups is 1. The number of carbonyl (C=O) groups excluding carboxylic acids is 1. The van der Waals surface area contributed by atoms with E-state index in [0.29, 0.717) is 0 Å². The van der Waals surface area contributed by atoms with Gasteiger partial charge in [-0.15, -0.1) is 0 Å². The molecule has 0 rings (SSSR count). The van der Waals surface area contributed by atoms with Gasteiger partial charge in [0.05, 0.1) is 13.0 Å². The van der Waals surface area contributed by atoms with Crippen molar-refractivity contribution in [1.29, 1.82) is 0 Å². The van der Waals surface area contributed by atoms with Crippen LogP contribution in [-0.2, 0) is 9.53 Å². The zero-order chi connectivity index (χ0) is 14.5. The molecule has 0 saturated heterocycles. The van der Waals surface area contributed by atoms with Crippen LogP contribution < -0.4 is 0 Å². The van der Waals surface area contributed by atoms with Gasteiger partial charge in [0.2, 0.25) is 0 Å². The van der Waals surface area contributed by atoms with Crippen molar-refractivity contribution >= 4 is 5.97 Å². The summed E-state index contributed by atoms with van der Waals surface area (Å²) in [5, 5.41) is 0. The van der Waals surface area contributed by atoms with Crippen LogP contribution in [0.4, 0.5) is 0 Å². The van der Waals surface area contributed by atoms with Gasteiger partial charge < -0.3 is 9.64 Å². The van der Waals surface area contributed by atoms with Crippen molar-refractivity contribution in [3.05, 3.63) is 0 Å². The Hall–Kier alpha value is -0.570. The molecule has 0 radical (unpaired) electrons. The second-order valence-corrected chi connectivity index (χ2v) is 5.66. The first-order valence-electron chi connectivity index (χ1n) is 7.88. The van der Waals surface area contributed by atoms with E-state index in [1.807, 2.05) is 6.92 Å². The first-order valence-corrected chi connectivity index (χ1v) is 7.88. The Bertz CT molecular complexity index is 219. The average Bonchev–Trinajstić information content (AvgIpc) is 2.40. The molecule has 114 valence electrons. The number of methoxy groups -OCH3 is 1. The van der Waals surface area contributed by atoms with Gasteiger partial charge in [0.1, 0.15) is 0 Å². The Morgan fingerprint density at radius 2 is 1.58 bits per heavy atom. The van der Waals surface area contributed by atoms with Crippen molar-refractivity contribution in [2.24, 2.45) is 5.92 Å². The van der Waals surface area contributed by atoms with Gasteiger partial charge in [0.25, 0.3) is 0 Å². The number of hydrogen-bond acceptors (Lipinski definition) is 3. The largest absolute Gasteiger partial charge is 0.469 e. The van der Waals surface area contributed by atoms with Gasteiger partial charge in [0, 0.05) is 6.54 Å². The maximum Gasteiger partial charge on any atom is 0.309 e. The van der Waals surface area contributed by atoms with Crippen LogP contribution in [0.1, 0.15) is 65.2 Å². The van der Waals surface area contributed by atoms with Gasteiger partial charge in [-0.05, 0) is 20.0 Å². The predicted molar refractivity (Wildman–Crippen MR) is 81.3 cm³/mol. The molecule has 1 unspecified atom stereocenters. The molecule has 1 atom stereocenters. The molecule has 0 aliphatic heterocycles. The Morgan fingerprint density at radius 1 is 1.05 bits per heavy atom. The number of unbranched alkanes of at least 4 members (excludes halogenated alkanes) is 7. The summed E-state index contributed by atoms with van der Waals surface area (Å²) >= 11 is 0. The van der Waals surface area contributed by atoms with Gasteiger partial charge in [-0.1, -0.05) is 58.8 Å². The lowest BCUT2D eigenvalue weighted by atomic mass is 10.1. The first-order chi connectivity index (χ1) is 9.11. The molecule has 0 aromatic carbocycles. The van der Waals surface area contributed by atoms with Crippen LogP contribution in [0.5, 0.6) is 0 Å². The molecular weight excluding hydrogens is 238 g/mol. The zero-order valence-corrected chi connectivity index (χ0v) is 13.4. The lowest BCUT2D eigenvalue weighted by Crippen LogP contribution is -2.30. The summed E-state index contributed by atoms with van der Waals surface area (Å²) < 4.78 is 4.74. The van der Waals surface area contributed by atoms with E-state index in [-0.39, 0.29) is 11.9 Å². The summed E-state index contributed by atoms with van der Waals surface area (Å²) in [6.45, 7) is 6.06. The first kappa shape index (κ1) is 18.4. The molecule has 3 heteroatoms. The van der Waals surface area contributed by atoms with E-state index in [1.165, 1.54) is 58.5 Å². The van der Waals surface area contributed by atoms with E-state index in [4.69, 9.17) is 4.74 Å². The van der Waals surface area contributed by atoms with Crippen LogP contribution in [0.2, 0.25) is 0 Å². The normalized spacial score (nSPS) is 12.7. The summed E-state index contributed by atoms with van der Waals surface area (Å²) in [4.78, 5) is 13.5. The second-order valence-electron chi connectivity index (χ2n) is 5.66. The predicted octanol–water partition coefficient (Wildman–Crippen LogP) is 3.87. The fourth-order valence-corrected chi connectivity index (χ4v) is 2.35. The van der Waals surface area contributed by atoms with Gasteiger partial charge >= 0.3 is 5.97 Å². The number of rotatable bonds is 12. The summed E-state index contributed by atoms with van der Waals surface area (Å²) in [5.74, 6) is -0.133. The van der Waals surface area contributed by atoms with E-state index < -0.39 is 0 Å². The lowest BCUT2D eigenvalue weighted by molar-refractivity contribution is -0.145. The highest BCUT2D eigenvalue weighted by Crippen LogP contribution is 2.09. The van der Waals surface area contributed by atoms with E-state index in [2.05, 4.69) is 18.9 Å². The molecule has 0 bridgehead atoms. The van der Waals surface area contributed by atoms with Crippen molar-refractivity contribution in [2.75, 3.05) is 27.2 Å². The SMILES string of the molecule is CCCCCCCCCCN(C)CC(C)C(=O)OC. The smallest absolute Gasteiger partial charge is 0.309 e. The van der Waals surface area contributed by atoms with Crippen molar-refractivity contribution in [3.63, 3.8) is 0 Å². The van der Waals surface area contributed by atoms with Crippen LogP contribution in [-0.4, -0.2) is 38.1 Å². The highest BCUT2D eigenvalue weighted by molar-refractivity contribution is 5.71. The van der Waals surface area contributed by atoms with Crippen LogP contribution in [0.15, 0.2) is 0 Å². The molecule has 19 heavy (non-hydrogen) atoms. The van der Waals surface area contributed by atoms with Crippen molar-refractivity contribution in [2.45, 2.75) is 65.2 Å².